The summed E-state index contributed by atoms with van der Waals surface area (Å²) in [6, 6.07) is 12.1. The molecule has 194 valence electrons. The number of H-pyrrole nitrogens is 1. The van der Waals surface area contributed by atoms with Crippen LogP contribution in [0.2, 0.25) is 0 Å². The number of piperidine rings is 2. The van der Waals surface area contributed by atoms with Crippen molar-refractivity contribution in [3.63, 3.8) is 0 Å². The zero-order chi connectivity index (χ0) is 25.2. The molecule has 10 heteroatoms. The first-order valence-corrected chi connectivity index (χ1v) is 13.5. The number of benzene rings is 1. The number of nitriles is 1. The Morgan fingerprint density at radius 3 is 2.68 bits per heavy atom. The molecule has 6 rings (SSSR count). The van der Waals surface area contributed by atoms with E-state index in [-0.39, 0.29) is 0 Å². The van der Waals surface area contributed by atoms with Crippen molar-refractivity contribution in [3.8, 4) is 6.07 Å². The Morgan fingerprint density at radius 2 is 1.95 bits per heavy atom. The van der Waals surface area contributed by atoms with Crippen LogP contribution in [-0.4, -0.2) is 76.0 Å². The Bertz CT molecular complexity index is 1260. The lowest BCUT2D eigenvalue weighted by Crippen LogP contribution is -2.55. The van der Waals surface area contributed by atoms with Gasteiger partial charge >= 0.3 is 0 Å². The minimum Gasteiger partial charge on any atom is -0.378 e. The number of aryl methyl sites for hydroxylation is 1. The molecule has 0 amide bonds. The Balaban J connectivity index is 1.29. The molecule has 5 heterocycles. The highest BCUT2D eigenvalue weighted by Crippen LogP contribution is 2.36. The quantitative estimate of drug-likeness (QED) is 0.442. The van der Waals surface area contributed by atoms with Gasteiger partial charge in [0.15, 0.2) is 5.82 Å². The van der Waals surface area contributed by atoms with Gasteiger partial charge < -0.3 is 20.3 Å². The van der Waals surface area contributed by atoms with E-state index in [0.717, 1.165) is 79.6 Å². The van der Waals surface area contributed by atoms with Crippen LogP contribution in [0.5, 0.6) is 0 Å². The molecule has 3 aliphatic rings. The fourth-order valence-corrected chi connectivity index (χ4v) is 6.22. The van der Waals surface area contributed by atoms with Crippen molar-refractivity contribution in [1.82, 2.24) is 25.1 Å². The van der Waals surface area contributed by atoms with Crippen molar-refractivity contribution in [3.05, 3.63) is 30.0 Å². The summed E-state index contributed by atoms with van der Waals surface area (Å²) in [5.41, 5.74) is 3.05. The third-order valence-corrected chi connectivity index (χ3v) is 7.95. The van der Waals surface area contributed by atoms with E-state index < -0.39 is 0 Å². The predicted molar refractivity (Wildman–Crippen MR) is 144 cm³/mol. The average Bonchev–Trinajstić information content (AvgIpc) is 3.32. The number of nitrogens with one attached hydrogen (secondary N) is 3. The SMILES string of the molecule is Cc1cc(Nc2nc(N[C@@H]3C[C@H]4CCC[C@@H](C3)N4CCC#N)nc3cc(N4CCOCC4)ccc23)n[nH]1. The minimum absolute atomic E-state index is 0.314. The molecule has 37 heavy (non-hydrogen) atoms. The number of hydrogen-bond donors (Lipinski definition) is 3. The maximum absolute atomic E-state index is 9.10. The smallest absolute Gasteiger partial charge is 0.225 e. The van der Waals surface area contributed by atoms with Gasteiger partial charge in [0.25, 0.3) is 0 Å². The standard InChI is InChI=1S/C27H35N9O/c1-18-14-25(34-33-18)31-26-23-7-6-20(35-10-12-37-13-11-35)17-24(23)30-27(32-26)29-19-15-21-4-2-5-22(16-19)36(21)9-3-8-28/h6-7,14,17,19,21-22H,2-5,9-13,15-16H2,1H3,(H3,29,30,31,32,33,34)/t19-,21-,22+. The summed E-state index contributed by atoms with van der Waals surface area (Å²) < 4.78 is 5.54. The third kappa shape index (κ3) is 5.20. The molecule has 0 saturated carbocycles. The number of anilines is 4. The van der Waals surface area contributed by atoms with Gasteiger partial charge in [0.05, 0.1) is 24.8 Å². The third-order valence-electron chi connectivity index (χ3n) is 7.95. The normalized spacial score (nSPS) is 24.1. The van der Waals surface area contributed by atoms with E-state index in [1.807, 2.05) is 13.0 Å². The van der Waals surface area contributed by atoms with Crippen molar-refractivity contribution < 1.29 is 4.74 Å². The number of morpholine rings is 1. The molecule has 10 nitrogen and oxygen atoms in total. The van der Waals surface area contributed by atoms with E-state index in [1.54, 1.807) is 0 Å². The van der Waals surface area contributed by atoms with Crippen molar-refractivity contribution in [2.75, 3.05) is 48.4 Å². The van der Waals surface area contributed by atoms with Crippen LogP contribution in [0.1, 0.15) is 44.2 Å². The van der Waals surface area contributed by atoms with Crippen LogP contribution in [0.25, 0.3) is 10.9 Å². The van der Waals surface area contributed by atoms with E-state index in [4.69, 9.17) is 20.0 Å². The lowest BCUT2D eigenvalue weighted by atomic mass is 9.81. The summed E-state index contributed by atoms with van der Waals surface area (Å²) >= 11 is 0. The second-order valence-electron chi connectivity index (χ2n) is 10.5. The molecule has 0 unspecified atom stereocenters. The highest BCUT2D eigenvalue weighted by atomic mass is 16.5. The molecule has 3 atom stereocenters. The summed E-state index contributed by atoms with van der Waals surface area (Å²) in [6.45, 7) is 6.12. The number of hydrogen-bond acceptors (Lipinski definition) is 9. The minimum atomic E-state index is 0.314. The van der Waals surface area contributed by atoms with Crippen LogP contribution < -0.4 is 15.5 Å². The summed E-state index contributed by atoms with van der Waals surface area (Å²) in [7, 11) is 0. The molecule has 2 bridgehead atoms. The Kier molecular flexibility index (Phi) is 6.81. The predicted octanol–water partition coefficient (Wildman–Crippen LogP) is 3.95. The van der Waals surface area contributed by atoms with Gasteiger partial charge in [-0.3, -0.25) is 10.00 Å². The average molecular weight is 502 g/mol. The fraction of sp³-hybridized carbons (Fsp3) is 0.556. The van der Waals surface area contributed by atoms with E-state index in [0.29, 0.717) is 30.5 Å². The number of aromatic amines is 1. The van der Waals surface area contributed by atoms with E-state index in [2.05, 4.69) is 54.9 Å². The number of fused-ring (bicyclic) bond motifs is 3. The molecule has 3 fully saturated rings. The second-order valence-corrected chi connectivity index (χ2v) is 10.5. The van der Waals surface area contributed by atoms with Crippen molar-refractivity contribution >= 4 is 34.2 Å². The summed E-state index contributed by atoms with van der Waals surface area (Å²) in [4.78, 5) is 14.8. The van der Waals surface area contributed by atoms with Crippen LogP contribution in [0, 0.1) is 18.3 Å². The van der Waals surface area contributed by atoms with Crippen molar-refractivity contribution in [2.24, 2.45) is 0 Å². The van der Waals surface area contributed by atoms with E-state index >= 15 is 0 Å². The molecule has 0 aliphatic carbocycles. The van der Waals surface area contributed by atoms with Crippen LogP contribution in [0.15, 0.2) is 24.3 Å². The largest absolute Gasteiger partial charge is 0.378 e. The fourth-order valence-electron chi connectivity index (χ4n) is 6.22. The highest BCUT2D eigenvalue weighted by Gasteiger charge is 2.38. The number of nitrogens with zero attached hydrogens (tertiary/aromatic N) is 6. The monoisotopic (exact) mass is 501 g/mol. The molecule has 2 aromatic heterocycles. The maximum atomic E-state index is 9.10. The molecule has 3 saturated heterocycles. The summed E-state index contributed by atoms with van der Waals surface area (Å²) in [5.74, 6) is 2.13. The van der Waals surface area contributed by atoms with Gasteiger partial charge in [-0.1, -0.05) is 6.42 Å². The van der Waals surface area contributed by atoms with Crippen molar-refractivity contribution in [2.45, 2.75) is 63.6 Å². The molecule has 3 aliphatic heterocycles. The molecule has 3 aromatic rings. The van der Waals surface area contributed by atoms with Gasteiger partial charge in [0, 0.05) is 67.0 Å². The maximum Gasteiger partial charge on any atom is 0.225 e. The summed E-state index contributed by atoms with van der Waals surface area (Å²) in [5, 5.41) is 24.5. The Labute approximate surface area is 217 Å². The molecule has 3 N–H and O–H groups in total. The number of aromatic nitrogens is 4. The lowest BCUT2D eigenvalue weighted by Gasteiger charge is -2.48. The first-order valence-electron chi connectivity index (χ1n) is 13.5. The van der Waals surface area contributed by atoms with Gasteiger partial charge in [0.1, 0.15) is 5.82 Å². The molecular weight excluding hydrogens is 466 g/mol. The van der Waals surface area contributed by atoms with Gasteiger partial charge in [-0.05, 0) is 50.8 Å². The molecular formula is C27H35N9O. The van der Waals surface area contributed by atoms with Gasteiger partial charge in [-0.2, -0.15) is 15.3 Å². The second kappa shape index (κ2) is 10.5. The topological polar surface area (TPSA) is 118 Å². The Morgan fingerprint density at radius 1 is 1.14 bits per heavy atom. The van der Waals surface area contributed by atoms with Crippen LogP contribution in [-0.2, 0) is 4.74 Å². The highest BCUT2D eigenvalue weighted by molar-refractivity contribution is 5.93. The number of ether oxygens (including phenoxy) is 1. The van der Waals surface area contributed by atoms with E-state index in [9.17, 15) is 0 Å². The first-order chi connectivity index (χ1) is 18.2. The molecule has 0 spiro atoms. The number of rotatable bonds is 7. The molecule has 1 aromatic carbocycles. The van der Waals surface area contributed by atoms with Crippen LogP contribution in [0.3, 0.4) is 0 Å². The zero-order valence-corrected chi connectivity index (χ0v) is 21.4. The Hall–Kier alpha value is -3.42. The van der Waals surface area contributed by atoms with Gasteiger partial charge in [-0.15, -0.1) is 0 Å². The first kappa shape index (κ1) is 23.9. The summed E-state index contributed by atoms with van der Waals surface area (Å²) in [6.07, 6.45) is 6.39. The van der Waals surface area contributed by atoms with E-state index in [1.165, 1.54) is 19.3 Å². The van der Waals surface area contributed by atoms with Gasteiger partial charge in [0.2, 0.25) is 5.95 Å². The molecule has 0 radical (unpaired) electrons. The van der Waals surface area contributed by atoms with Gasteiger partial charge in [-0.25, -0.2) is 4.98 Å². The zero-order valence-electron chi connectivity index (χ0n) is 21.4. The van der Waals surface area contributed by atoms with Crippen LogP contribution in [0.4, 0.5) is 23.3 Å². The van der Waals surface area contributed by atoms with Crippen molar-refractivity contribution in [1.29, 1.82) is 5.26 Å². The van der Waals surface area contributed by atoms with Crippen LogP contribution >= 0.6 is 0 Å². The lowest BCUT2D eigenvalue weighted by molar-refractivity contribution is 0.0369.